The summed E-state index contributed by atoms with van der Waals surface area (Å²) in [5.41, 5.74) is 6.63. The maximum absolute atomic E-state index is 15.2. The minimum absolute atomic E-state index is 0.0107. The van der Waals surface area contributed by atoms with Gasteiger partial charge in [0, 0.05) is 108 Å². The normalized spacial score (nSPS) is 19.4. The molecule has 3 fully saturated rings. The summed E-state index contributed by atoms with van der Waals surface area (Å²) in [6.45, 7) is 11.9. The van der Waals surface area contributed by atoms with Crippen LogP contribution < -0.4 is 20.4 Å². The lowest BCUT2D eigenvalue weighted by atomic mass is 9.96. The fourth-order valence-electron chi connectivity index (χ4n) is 11.0. The number of piperidine rings is 1. The smallest absolute Gasteiger partial charge is 0.338 e. The molecule has 0 amide bonds. The van der Waals surface area contributed by atoms with Gasteiger partial charge in [-0.2, -0.15) is 0 Å². The van der Waals surface area contributed by atoms with Crippen molar-refractivity contribution in [3.63, 3.8) is 0 Å². The van der Waals surface area contributed by atoms with E-state index < -0.39 is 23.8 Å². The zero-order chi connectivity index (χ0) is 51.4. The van der Waals surface area contributed by atoms with Gasteiger partial charge in [0.05, 0.1) is 21.8 Å². The number of hydrogen-bond acceptors (Lipinski definition) is 11. The third-order valence-corrected chi connectivity index (χ3v) is 19.7. The van der Waals surface area contributed by atoms with Gasteiger partial charge in [-0.05, 0) is 143 Å². The molecule has 3 saturated heterocycles. The number of aromatic carboxylic acids is 1. The molecule has 1 aromatic heterocycles. The molecule has 0 saturated carbocycles. The minimum atomic E-state index is -3.74. The molecule has 0 bridgehead atoms. The van der Waals surface area contributed by atoms with Gasteiger partial charge in [0.2, 0.25) is 7.29 Å². The first kappa shape index (κ1) is 52.2. The van der Waals surface area contributed by atoms with Gasteiger partial charge in [-0.15, -0.1) is 16.6 Å². The number of piperazine rings is 1. The van der Waals surface area contributed by atoms with Gasteiger partial charge in [0.25, 0.3) is 5.69 Å². The molecule has 9 rings (SSSR count). The van der Waals surface area contributed by atoms with Gasteiger partial charge in [0.1, 0.15) is 5.69 Å². The van der Waals surface area contributed by atoms with Crippen molar-refractivity contribution in [2.45, 2.75) is 69.1 Å². The molecule has 73 heavy (non-hydrogen) atoms. The summed E-state index contributed by atoms with van der Waals surface area (Å²) in [5.74, 6) is 0.0417. The van der Waals surface area contributed by atoms with Gasteiger partial charge < -0.3 is 40.0 Å². The maximum atomic E-state index is 15.2. The number of likely N-dealkylation sites (tertiary alicyclic amines) is 1. The van der Waals surface area contributed by atoms with Crippen LogP contribution in [-0.2, 0) is 4.57 Å². The Morgan fingerprint density at radius 2 is 1.52 bits per heavy atom. The number of thioether (sulfide) groups is 1. The molecule has 14 nitrogen and oxygen atoms in total. The summed E-state index contributed by atoms with van der Waals surface area (Å²) < 4.78 is 17.3. The molecule has 5 aromatic carbocycles. The van der Waals surface area contributed by atoms with E-state index in [1.165, 1.54) is 6.07 Å². The number of benzene rings is 5. The number of carboxylic acids is 1. The Morgan fingerprint density at radius 3 is 2.16 bits per heavy atom. The lowest BCUT2D eigenvalue weighted by molar-refractivity contribution is -0.383. The van der Waals surface area contributed by atoms with Crippen molar-refractivity contribution in [1.82, 2.24) is 14.3 Å². The monoisotopic (exact) mass is 1050 g/mol. The molecule has 0 aliphatic carbocycles. The summed E-state index contributed by atoms with van der Waals surface area (Å²) in [7, 11) is -3.74. The van der Waals surface area contributed by atoms with E-state index >= 15 is 4.57 Å². The number of rotatable bonds is 18. The second kappa shape index (κ2) is 22.9. The second-order valence-electron chi connectivity index (χ2n) is 19.8. The summed E-state index contributed by atoms with van der Waals surface area (Å²) in [4.78, 5) is 34.3. The highest BCUT2D eigenvalue weighted by molar-refractivity contribution is 7.99. The van der Waals surface area contributed by atoms with Crippen molar-refractivity contribution in [2.24, 2.45) is 5.92 Å². The highest BCUT2D eigenvalue weighted by Gasteiger charge is 2.47. The number of aliphatic hydroxyl groups excluding tert-OH is 1. The molecule has 1 unspecified atom stereocenters. The number of aromatic nitrogens is 1. The molecular weight excluding hydrogens is 981 g/mol. The zero-order valence-electron chi connectivity index (χ0n) is 41.6. The maximum Gasteiger partial charge on any atom is 0.338 e. The first-order valence-electron chi connectivity index (χ1n) is 25.3. The van der Waals surface area contributed by atoms with E-state index in [0.29, 0.717) is 40.1 Å². The predicted molar refractivity (Wildman–Crippen MR) is 295 cm³/mol. The lowest BCUT2D eigenvalue weighted by Crippen LogP contribution is -2.46. The number of carboxylic acid groups (broad SMARTS) is 1. The van der Waals surface area contributed by atoms with Crippen LogP contribution in [0.15, 0.2) is 126 Å². The van der Waals surface area contributed by atoms with Crippen molar-refractivity contribution in [2.75, 3.05) is 79.8 Å². The van der Waals surface area contributed by atoms with Crippen LogP contribution in [0.3, 0.4) is 0 Å². The third-order valence-electron chi connectivity index (χ3n) is 15.0. The number of halogens is 1. The number of hydroxylamine groups is 1. The van der Waals surface area contributed by atoms with E-state index in [0.717, 1.165) is 109 Å². The van der Waals surface area contributed by atoms with Crippen LogP contribution in [0.4, 0.5) is 22.7 Å². The van der Waals surface area contributed by atoms with Crippen molar-refractivity contribution < 1.29 is 29.7 Å². The van der Waals surface area contributed by atoms with Crippen LogP contribution in [0.1, 0.15) is 72.8 Å². The first-order chi connectivity index (χ1) is 35.2. The van der Waals surface area contributed by atoms with Gasteiger partial charge in [0.15, 0.2) is 0 Å². The van der Waals surface area contributed by atoms with Crippen LogP contribution in [0.5, 0.6) is 0 Å². The summed E-state index contributed by atoms with van der Waals surface area (Å²) in [5, 5.41) is 48.7. The summed E-state index contributed by atoms with van der Waals surface area (Å²) >= 11 is 7.98. The molecule has 3 atom stereocenters. The Morgan fingerprint density at radius 1 is 0.836 bits per heavy atom. The highest BCUT2D eigenvalue weighted by Crippen LogP contribution is 2.66. The standard InChI is InChI=1S/C56H65ClN7O7PS/c1-38(2)63-39(3)53(56(66)67)54(55(63)42-12-16-44(57)17-13-42)43-8-7-9-47(34-43)61-32-30-60(31-33-61)46-18-14-41(15-19-46)52-25-29-62(68)72(52,71)48-20-21-50(51(35-48)64(69)70)58-45(37-73-49-10-5-4-6-11-49)24-28-59-26-22-40(36-65)23-27-59/h4-21,34-35,38,40,45,52,58,65,68H,22-33,36-37H2,1-3H3,(H,66,67)/t45-,52-,72?/m1/s1. The Labute approximate surface area is 437 Å². The van der Waals surface area contributed by atoms with Crippen molar-refractivity contribution >= 4 is 64.7 Å². The van der Waals surface area contributed by atoms with E-state index in [1.54, 1.807) is 23.9 Å². The van der Waals surface area contributed by atoms with E-state index in [2.05, 4.69) is 62.7 Å². The number of hydrogen-bond donors (Lipinski definition) is 4. The molecule has 6 aromatic rings. The van der Waals surface area contributed by atoms with Gasteiger partial charge in [-0.1, -0.05) is 66.2 Å². The average Bonchev–Trinajstić information content (AvgIpc) is 3.90. The number of anilines is 3. The number of nitrogens with one attached hydrogen (secondary N) is 1. The molecule has 384 valence electrons. The average molecular weight is 1050 g/mol. The summed E-state index contributed by atoms with van der Waals surface area (Å²) in [6.07, 6.45) is 3.08. The molecule has 4 heterocycles. The second-order valence-corrected chi connectivity index (χ2v) is 24.2. The van der Waals surface area contributed by atoms with E-state index in [4.69, 9.17) is 11.6 Å². The number of nitro benzene ring substituents is 1. The van der Waals surface area contributed by atoms with Gasteiger partial charge in [-0.25, -0.2) is 4.79 Å². The topological polar surface area (TPSA) is 168 Å². The zero-order valence-corrected chi connectivity index (χ0v) is 44.1. The van der Waals surface area contributed by atoms with E-state index in [1.807, 2.05) is 85.8 Å². The van der Waals surface area contributed by atoms with Crippen LogP contribution in [0, 0.1) is 23.0 Å². The summed E-state index contributed by atoms with van der Waals surface area (Å²) in [6, 6.07) is 38.4. The van der Waals surface area contributed by atoms with Crippen LogP contribution in [-0.4, -0.2) is 111 Å². The predicted octanol–water partition coefficient (Wildman–Crippen LogP) is 11.7. The fourth-order valence-corrected chi connectivity index (χ4v) is 15.2. The van der Waals surface area contributed by atoms with Crippen LogP contribution in [0.25, 0.3) is 22.4 Å². The van der Waals surface area contributed by atoms with Crippen molar-refractivity contribution in [3.8, 4) is 22.4 Å². The van der Waals surface area contributed by atoms with Crippen LogP contribution in [0.2, 0.25) is 5.02 Å². The third kappa shape index (κ3) is 11.2. The largest absolute Gasteiger partial charge is 0.478 e. The Balaban J connectivity index is 0.894. The molecular formula is C56H65ClN7O7PS. The Kier molecular flexibility index (Phi) is 16.4. The molecule has 0 spiro atoms. The number of nitrogens with zero attached hydrogens (tertiary/aromatic N) is 6. The molecule has 4 N–H and O–H groups in total. The number of nitro groups is 1. The Bertz CT molecular complexity index is 2940. The first-order valence-corrected chi connectivity index (χ1v) is 28.4. The number of carbonyl (C=O) groups is 1. The molecule has 0 radical (unpaired) electrons. The minimum Gasteiger partial charge on any atom is -0.478 e. The molecule has 17 heteroatoms. The van der Waals surface area contributed by atoms with Gasteiger partial charge >= 0.3 is 5.97 Å². The molecule has 3 aliphatic heterocycles. The van der Waals surface area contributed by atoms with Crippen molar-refractivity contribution in [1.29, 1.82) is 0 Å². The Hall–Kier alpha value is -5.64. The number of aliphatic hydroxyl groups is 1. The van der Waals surface area contributed by atoms with Gasteiger partial charge in [-0.3, -0.25) is 14.7 Å². The highest BCUT2D eigenvalue weighted by atomic mass is 35.5. The van der Waals surface area contributed by atoms with Crippen LogP contribution >= 0.6 is 30.7 Å². The van der Waals surface area contributed by atoms with E-state index in [-0.39, 0.29) is 41.8 Å². The fraction of sp³-hybridized carbons (Fsp3) is 0.375. The SMILES string of the molecule is Cc1c(C(=O)O)c(-c2cccc(N3CCN(c4ccc([C@H]5CCN(O)P5(=O)c5ccc(N[C@H](CCN6CCC(CO)CC6)CSc6ccccc6)c([N+](=O)[O-])c5)cc4)CC3)c2)c(-c2ccc(Cl)cc2)n1C(C)C. The molecule has 3 aliphatic rings. The van der Waals surface area contributed by atoms with Crippen molar-refractivity contribution in [3.05, 3.63) is 153 Å². The quantitative estimate of drug-likeness (QED) is 0.0278. The lowest BCUT2D eigenvalue weighted by Gasteiger charge is -2.37. The van der Waals surface area contributed by atoms with E-state index in [9.17, 15) is 30.3 Å².